The van der Waals surface area contributed by atoms with E-state index in [0.717, 1.165) is 29.7 Å². The number of hydrogen-bond acceptors (Lipinski definition) is 5. The summed E-state index contributed by atoms with van der Waals surface area (Å²) in [6.07, 6.45) is -1.19. The molecule has 1 N–H and O–H groups in total. The molecular weight excluding hydrogens is 459 g/mol. The quantitative estimate of drug-likeness (QED) is 0.598. The molecule has 0 unspecified atom stereocenters. The van der Waals surface area contributed by atoms with Gasteiger partial charge in [-0.05, 0) is 68.5 Å². The van der Waals surface area contributed by atoms with Crippen molar-refractivity contribution < 1.29 is 22.7 Å². The van der Waals surface area contributed by atoms with Crippen molar-refractivity contribution in [3.05, 3.63) is 47.2 Å². The van der Waals surface area contributed by atoms with Crippen molar-refractivity contribution in [1.29, 1.82) is 0 Å². The number of imidazole rings is 1. The normalized spacial score (nSPS) is 19.5. The number of aryl methyl sites for hydroxylation is 2. The molecule has 0 bridgehead atoms. The zero-order valence-corrected chi connectivity index (χ0v) is 19.7. The number of nitrogens with zero attached hydrogens (tertiary/aromatic N) is 4. The molecule has 1 atom stereocenters. The van der Waals surface area contributed by atoms with E-state index in [4.69, 9.17) is 9.72 Å². The number of alkyl halides is 3. The van der Waals surface area contributed by atoms with E-state index in [0.29, 0.717) is 56.1 Å². The van der Waals surface area contributed by atoms with Gasteiger partial charge in [0, 0.05) is 31.8 Å². The Kier molecular flexibility index (Phi) is 6.16. The van der Waals surface area contributed by atoms with Gasteiger partial charge in [-0.1, -0.05) is 0 Å². The summed E-state index contributed by atoms with van der Waals surface area (Å²) in [6, 6.07) is 5.99. The molecule has 3 aromatic rings. The fourth-order valence-electron chi connectivity index (χ4n) is 4.78. The van der Waals surface area contributed by atoms with Gasteiger partial charge in [0.15, 0.2) is 0 Å². The lowest BCUT2D eigenvalue weighted by Gasteiger charge is -2.32. The maximum absolute atomic E-state index is 13.5. The van der Waals surface area contributed by atoms with Gasteiger partial charge in [0.2, 0.25) is 11.9 Å². The molecule has 0 saturated carbocycles. The fourth-order valence-corrected chi connectivity index (χ4v) is 4.78. The lowest BCUT2D eigenvalue weighted by molar-refractivity contribution is -0.137. The SMILES string of the molecule is Cc1cc2nc(N3CCC(C(=O)N[C@@H]4CCOC4)CC3)n(-c3cc(C(F)(F)F)ccn3)c2cc1C. The highest BCUT2D eigenvalue weighted by molar-refractivity contribution is 5.83. The van der Waals surface area contributed by atoms with Crippen LogP contribution in [0.25, 0.3) is 16.9 Å². The van der Waals surface area contributed by atoms with Gasteiger partial charge in [-0.2, -0.15) is 13.2 Å². The third-order valence-electron chi connectivity index (χ3n) is 6.98. The molecule has 10 heteroatoms. The van der Waals surface area contributed by atoms with Gasteiger partial charge < -0.3 is 15.0 Å². The average molecular weight is 488 g/mol. The Bertz CT molecular complexity index is 1240. The van der Waals surface area contributed by atoms with Crippen molar-refractivity contribution in [3.8, 4) is 5.82 Å². The second-order valence-electron chi connectivity index (χ2n) is 9.40. The monoisotopic (exact) mass is 487 g/mol. The maximum atomic E-state index is 13.5. The number of benzene rings is 1. The van der Waals surface area contributed by atoms with E-state index in [1.807, 2.05) is 30.9 Å². The van der Waals surface area contributed by atoms with E-state index in [1.54, 1.807) is 4.57 Å². The van der Waals surface area contributed by atoms with Gasteiger partial charge in [0.1, 0.15) is 5.82 Å². The molecule has 2 aliphatic rings. The minimum Gasteiger partial charge on any atom is -0.379 e. The minimum atomic E-state index is -4.48. The lowest BCUT2D eigenvalue weighted by atomic mass is 9.95. The van der Waals surface area contributed by atoms with Crippen molar-refractivity contribution in [3.63, 3.8) is 0 Å². The van der Waals surface area contributed by atoms with E-state index in [9.17, 15) is 18.0 Å². The first-order valence-corrected chi connectivity index (χ1v) is 11.9. The second-order valence-corrected chi connectivity index (χ2v) is 9.40. The Balaban J connectivity index is 1.46. The van der Waals surface area contributed by atoms with Crippen LogP contribution >= 0.6 is 0 Å². The number of fused-ring (bicyclic) bond motifs is 1. The summed E-state index contributed by atoms with van der Waals surface area (Å²) in [7, 11) is 0. The van der Waals surface area contributed by atoms with E-state index >= 15 is 0 Å². The third kappa shape index (κ3) is 4.71. The average Bonchev–Trinajstić information content (AvgIpc) is 3.47. The zero-order chi connectivity index (χ0) is 24.7. The molecule has 35 heavy (non-hydrogen) atoms. The van der Waals surface area contributed by atoms with Crippen molar-refractivity contribution in [2.45, 2.75) is 45.3 Å². The molecule has 1 amide bonds. The van der Waals surface area contributed by atoms with Gasteiger partial charge in [-0.3, -0.25) is 9.36 Å². The molecule has 5 rings (SSSR count). The number of hydrogen-bond donors (Lipinski definition) is 1. The lowest BCUT2D eigenvalue weighted by Crippen LogP contribution is -2.44. The maximum Gasteiger partial charge on any atom is 0.416 e. The Hall–Kier alpha value is -3.14. The fraction of sp³-hybridized carbons (Fsp3) is 0.480. The Morgan fingerprint density at radius 3 is 2.54 bits per heavy atom. The molecule has 2 fully saturated rings. The van der Waals surface area contributed by atoms with Crippen LogP contribution in [0, 0.1) is 19.8 Å². The molecule has 0 radical (unpaired) electrons. The van der Waals surface area contributed by atoms with Crippen LogP contribution in [0.5, 0.6) is 0 Å². The number of pyridine rings is 1. The molecule has 2 aliphatic heterocycles. The number of carbonyl (C=O) groups excluding carboxylic acids is 1. The number of carbonyl (C=O) groups is 1. The van der Waals surface area contributed by atoms with Gasteiger partial charge in [-0.15, -0.1) is 0 Å². The van der Waals surface area contributed by atoms with E-state index in [-0.39, 0.29) is 23.7 Å². The van der Waals surface area contributed by atoms with Gasteiger partial charge in [0.25, 0.3) is 0 Å². The molecule has 2 saturated heterocycles. The van der Waals surface area contributed by atoms with Gasteiger partial charge >= 0.3 is 6.18 Å². The summed E-state index contributed by atoms with van der Waals surface area (Å²) in [5, 5.41) is 3.07. The summed E-state index contributed by atoms with van der Waals surface area (Å²) in [4.78, 5) is 23.8. The minimum absolute atomic E-state index is 0.0412. The molecular formula is C25H28F3N5O2. The summed E-state index contributed by atoms with van der Waals surface area (Å²) >= 11 is 0. The molecule has 2 aromatic heterocycles. The number of amides is 1. The smallest absolute Gasteiger partial charge is 0.379 e. The first-order chi connectivity index (χ1) is 16.7. The largest absolute Gasteiger partial charge is 0.416 e. The Morgan fingerprint density at radius 2 is 1.86 bits per heavy atom. The van der Waals surface area contributed by atoms with Crippen LogP contribution in [0.3, 0.4) is 0 Å². The molecule has 1 aromatic carbocycles. The number of rotatable bonds is 4. The van der Waals surface area contributed by atoms with Crippen LogP contribution in [0.2, 0.25) is 0 Å². The molecule has 186 valence electrons. The Morgan fingerprint density at radius 1 is 1.11 bits per heavy atom. The van der Waals surface area contributed by atoms with Crippen molar-refractivity contribution in [2.24, 2.45) is 5.92 Å². The zero-order valence-electron chi connectivity index (χ0n) is 19.7. The number of halogens is 3. The third-order valence-corrected chi connectivity index (χ3v) is 6.98. The summed E-state index contributed by atoms with van der Waals surface area (Å²) < 4.78 is 47.4. The highest BCUT2D eigenvalue weighted by Gasteiger charge is 2.33. The number of nitrogens with one attached hydrogen (secondary N) is 1. The first-order valence-electron chi connectivity index (χ1n) is 11.9. The van der Waals surface area contributed by atoms with Crippen molar-refractivity contribution in [2.75, 3.05) is 31.2 Å². The van der Waals surface area contributed by atoms with Crippen LogP contribution in [0.4, 0.5) is 19.1 Å². The van der Waals surface area contributed by atoms with E-state index < -0.39 is 11.7 Å². The highest BCUT2D eigenvalue weighted by atomic mass is 19.4. The van der Waals surface area contributed by atoms with Crippen LogP contribution in [-0.4, -0.2) is 52.8 Å². The molecule has 7 nitrogen and oxygen atoms in total. The molecule has 0 aliphatic carbocycles. The van der Waals surface area contributed by atoms with E-state index in [1.165, 1.54) is 6.20 Å². The van der Waals surface area contributed by atoms with Gasteiger partial charge in [-0.25, -0.2) is 9.97 Å². The van der Waals surface area contributed by atoms with Gasteiger partial charge in [0.05, 0.1) is 29.2 Å². The number of piperidine rings is 1. The number of anilines is 1. The number of aromatic nitrogens is 3. The number of ether oxygens (including phenoxy) is 1. The highest BCUT2D eigenvalue weighted by Crippen LogP contribution is 2.34. The van der Waals surface area contributed by atoms with Crippen molar-refractivity contribution in [1.82, 2.24) is 19.9 Å². The van der Waals surface area contributed by atoms with Crippen LogP contribution in [0.15, 0.2) is 30.5 Å². The predicted octanol–water partition coefficient (Wildman–Crippen LogP) is 4.18. The van der Waals surface area contributed by atoms with Crippen LogP contribution in [0.1, 0.15) is 36.0 Å². The topological polar surface area (TPSA) is 72.3 Å². The Labute approximate surface area is 201 Å². The molecule has 0 spiro atoms. The van der Waals surface area contributed by atoms with E-state index in [2.05, 4.69) is 10.3 Å². The summed E-state index contributed by atoms with van der Waals surface area (Å²) in [5.74, 6) is 0.641. The second kappa shape index (κ2) is 9.14. The summed E-state index contributed by atoms with van der Waals surface area (Å²) in [6.45, 7) is 6.30. The first kappa shape index (κ1) is 23.6. The van der Waals surface area contributed by atoms with Crippen LogP contribution < -0.4 is 10.2 Å². The van der Waals surface area contributed by atoms with Crippen LogP contribution in [-0.2, 0) is 15.7 Å². The predicted molar refractivity (Wildman–Crippen MR) is 126 cm³/mol. The standard InChI is InChI=1S/C25H28F3N5O2/c1-15-11-20-21(12-16(15)2)33(22-13-18(3-7-29-22)25(26,27)28)24(31-20)32-8-4-17(5-9-32)23(34)30-19-6-10-35-14-19/h3,7,11-13,17,19H,4-6,8-10,14H2,1-2H3,(H,30,34)/t19-/m1/s1. The summed E-state index contributed by atoms with van der Waals surface area (Å²) in [5.41, 5.74) is 2.71. The van der Waals surface area contributed by atoms with Crippen molar-refractivity contribution >= 4 is 22.9 Å². The molecule has 4 heterocycles.